The predicted octanol–water partition coefficient (Wildman–Crippen LogP) is -0.285. The summed E-state index contributed by atoms with van der Waals surface area (Å²) < 4.78 is 25.0. The van der Waals surface area contributed by atoms with Gasteiger partial charge >= 0.3 is 0 Å². The SMILES string of the molecule is CC(C)(CN)C(=O)NCC(F)(F)CO. The van der Waals surface area contributed by atoms with E-state index in [4.69, 9.17) is 10.8 Å². The van der Waals surface area contributed by atoms with Crippen LogP contribution in [0.3, 0.4) is 0 Å². The zero-order chi connectivity index (χ0) is 11.4. The predicted molar refractivity (Wildman–Crippen MR) is 47.9 cm³/mol. The number of rotatable bonds is 5. The highest BCUT2D eigenvalue weighted by Gasteiger charge is 2.32. The smallest absolute Gasteiger partial charge is 0.287 e. The van der Waals surface area contributed by atoms with Crippen molar-refractivity contribution in [3.05, 3.63) is 0 Å². The summed E-state index contributed by atoms with van der Waals surface area (Å²) in [5, 5.41) is 10.3. The van der Waals surface area contributed by atoms with Gasteiger partial charge < -0.3 is 16.2 Å². The number of aliphatic hydroxyl groups is 1. The summed E-state index contributed by atoms with van der Waals surface area (Å²) in [6, 6.07) is 0. The van der Waals surface area contributed by atoms with Crippen LogP contribution >= 0.6 is 0 Å². The Balaban J connectivity index is 4.10. The summed E-state index contributed by atoms with van der Waals surface area (Å²) in [6.07, 6.45) is 0. The number of nitrogens with two attached hydrogens (primary N) is 1. The lowest BCUT2D eigenvalue weighted by Gasteiger charge is -2.23. The first kappa shape index (κ1) is 13.2. The number of carbonyl (C=O) groups is 1. The molecule has 6 heteroatoms. The maximum absolute atomic E-state index is 12.5. The van der Waals surface area contributed by atoms with Gasteiger partial charge in [-0.3, -0.25) is 4.79 Å². The highest BCUT2D eigenvalue weighted by molar-refractivity contribution is 5.82. The molecule has 0 aromatic rings. The summed E-state index contributed by atoms with van der Waals surface area (Å²) >= 11 is 0. The number of carbonyl (C=O) groups excluding carboxylic acids is 1. The third kappa shape index (κ3) is 3.97. The Bertz CT molecular complexity index is 208. The maximum atomic E-state index is 12.5. The molecule has 0 unspecified atom stereocenters. The number of aliphatic hydroxyl groups excluding tert-OH is 1. The molecule has 0 spiro atoms. The van der Waals surface area contributed by atoms with E-state index < -0.39 is 30.4 Å². The van der Waals surface area contributed by atoms with Crippen LogP contribution < -0.4 is 11.1 Å². The molecular weight excluding hydrogens is 194 g/mol. The Kier molecular flexibility index (Phi) is 4.41. The Morgan fingerprint density at radius 1 is 1.50 bits per heavy atom. The molecule has 0 aliphatic heterocycles. The Hall–Kier alpha value is -0.750. The number of nitrogens with one attached hydrogen (secondary N) is 1. The van der Waals surface area contributed by atoms with Crippen LogP contribution in [-0.4, -0.2) is 36.6 Å². The molecule has 0 rings (SSSR count). The number of alkyl halides is 2. The number of hydrogen-bond acceptors (Lipinski definition) is 3. The lowest BCUT2D eigenvalue weighted by atomic mass is 9.93. The quantitative estimate of drug-likeness (QED) is 0.584. The number of hydrogen-bond donors (Lipinski definition) is 3. The third-order valence-electron chi connectivity index (χ3n) is 1.86. The van der Waals surface area contributed by atoms with Gasteiger partial charge in [0.15, 0.2) is 0 Å². The first-order valence-corrected chi connectivity index (χ1v) is 4.22. The summed E-state index contributed by atoms with van der Waals surface area (Å²) in [7, 11) is 0. The Labute approximate surface area is 81.5 Å². The molecule has 0 heterocycles. The highest BCUT2D eigenvalue weighted by Crippen LogP contribution is 2.14. The van der Waals surface area contributed by atoms with Gasteiger partial charge in [0.1, 0.15) is 6.61 Å². The molecule has 0 saturated carbocycles. The van der Waals surface area contributed by atoms with Crippen molar-refractivity contribution in [3.63, 3.8) is 0 Å². The minimum absolute atomic E-state index is 0.0729. The molecule has 0 aromatic carbocycles. The normalized spacial score (nSPS) is 12.7. The zero-order valence-corrected chi connectivity index (χ0v) is 8.31. The fourth-order valence-corrected chi connectivity index (χ4v) is 0.597. The molecule has 0 aliphatic rings. The summed E-state index contributed by atoms with van der Waals surface area (Å²) in [5.41, 5.74) is 4.41. The molecule has 0 saturated heterocycles. The van der Waals surface area contributed by atoms with Gasteiger partial charge in [-0.25, -0.2) is 8.78 Å². The summed E-state index contributed by atoms with van der Waals surface area (Å²) in [6.45, 7) is 1.03. The van der Waals surface area contributed by atoms with Crippen molar-refractivity contribution in [2.24, 2.45) is 11.1 Å². The lowest BCUT2D eigenvalue weighted by Crippen LogP contribution is -2.46. The van der Waals surface area contributed by atoms with Gasteiger partial charge in [-0.15, -0.1) is 0 Å². The van der Waals surface area contributed by atoms with E-state index in [2.05, 4.69) is 0 Å². The highest BCUT2D eigenvalue weighted by atomic mass is 19.3. The van der Waals surface area contributed by atoms with E-state index in [1.807, 2.05) is 5.32 Å². The topological polar surface area (TPSA) is 75.4 Å². The number of amides is 1. The van der Waals surface area contributed by atoms with Crippen molar-refractivity contribution in [1.29, 1.82) is 0 Å². The second kappa shape index (κ2) is 4.65. The fraction of sp³-hybridized carbons (Fsp3) is 0.875. The molecule has 0 aliphatic carbocycles. The van der Waals surface area contributed by atoms with Gasteiger partial charge in [-0.05, 0) is 13.8 Å². The van der Waals surface area contributed by atoms with Crippen molar-refractivity contribution in [2.45, 2.75) is 19.8 Å². The molecule has 4 nitrogen and oxygen atoms in total. The van der Waals surface area contributed by atoms with Gasteiger partial charge in [-0.1, -0.05) is 0 Å². The molecule has 0 radical (unpaired) electrons. The Morgan fingerprint density at radius 3 is 2.36 bits per heavy atom. The minimum Gasteiger partial charge on any atom is -0.390 e. The van der Waals surface area contributed by atoms with Gasteiger partial charge in [0.05, 0.1) is 12.0 Å². The van der Waals surface area contributed by atoms with E-state index in [0.29, 0.717) is 0 Å². The molecule has 84 valence electrons. The van der Waals surface area contributed by atoms with E-state index >= 15 is 0 Å². The molecule has 0 fully saturated rings. The first-order valence-electron chi connectivity index (χ1n) is 4.22. The van der Waals surface area contributed by atoms with Gasteiger partial charge in [0, 0.05) is 6.54 Å². The van der Waals surface area contributed by atoms with Crippen molar-refractivity contribution in [1.82, 2.24) is 5.32 Å². The van der Waals surface area contributed by atoms with Crippen molar-refractivity contribution in [2.75, 3.05) is 19.7 Å². The molecule has 1 amide bonds. The minimum atomic E-state index is -3.28. The lowest BCUT2D eigenvalue weighted by molar-refractivity contribution is -0.131. The molecule has 0 aromatic heterocycles. The number of halogens is 2. The van der Waals surface area contributed by atoms with Crippen LogP contribution in [-0.2, 0) is 4.79 Å². The fourth-order valence-electron chi connectivity index (χ4n) is 0.597. The van der Waals surface area contributed by atoms with Crippen LogP contribution in [0, 0.1) is 5.41 Å². The average molecular weight is 210 g/mol. The average Bonchev–Trinajstić information content (AvgIpc) is 2.14. The first-order chi connectivity index (χ1) is 6.25. The summed E-state index contributed by atoms with van der Waals surface area (Å²) in [5.74, 6) is -3.83. The second-order valence-electron chi connectivity index (χ2n) is 3.78. The monoisotopic (exact) mass is 210 g/mol. The van der Waals surface area contributed by atoms with Gasteiger partial charge in [-0.2, -0.15) is 0 Å². The zero-order valence-electron chi connectivity index (χ0n) is 8.31. The molecular formula is C8H16F2N2O2. The van der Waals surface area contributed by atoms with Crippen LogP contribution in [0.5, 0.6) is 0 Å². The van der Waals surface area contributed by atoms with Crippen molar-refractivity contribution < 1.29 is 18.7 Å². The molecule has 14 heavy (non-hydrogen) atoms. The van der Waals surface area contributed by atoms with Crippen LogP contribution in [0.1, 0.15) is 13.8 Å². The van der Waals surface area contributed by atoms with Crippen molar-refractivity contribution in [3.8, 4) is 0 Å². The van der Waals surface area contributed by atoms with Gasteiger partial charge in [0.2, 0.25) is 5.91 Å². The summed E-state index contributed by atoms with van der Waals surface area (Å²) in [4.78, 5) is 11.3. The van der Waals surface area contributed by atoms with E-state index in [1.54, 1.807) is 13.8 Å². The van der Waals surface area contributed by atoms with Crippen LogP contribution in [0.2, 0.25) is 0 Å². The largest absolute Gasteiger partial charge is 0.390 e. The van der Waals surface area contributed by atoms with Crippen LogP contribution in [0.25, 0.3) is 0 Å². The van der Waals surface area contributed by atoms with Crippen LogP contribution in [0.4, 0.5) is 8.78 Å². The standard InChI is InChI=1S/C8H16F2N2O2/c1-7(2,3-11)6(14)12-4-8(9,10)5-13/h13H,3-5,11H2,1-2H3,(H,12,14). The third-order valence-corrected chi connectivity index (χ3v) is 1.86. The Morgan fingerprint density at radius 2 is 2.00 bits per heavy atom. The second-order valence-corrected chi connectivity index (χ2v) is 3.78. The molecule has 0 atom stereocenters. The van der Waals surface area contributed by atoms with E-state index in [-0.39, 0.29) is 6.54 Å². The maximum Gasteiger partial charge on any atom is 0.287 e. The molecule has 0 bridgehead atoms. The van der Waals surface area contributed by atoms with E-state index in [1.165, 1.54) is 0 Å². The van der Waals surface area contributed by atoms with E-state index in [0.717, 1.165) is 0 Å². The van der Waals surface area contributed by atoms with Crippen LogP contribution in [0.15, 0.2) is 0 Å². The van der Waals surface area contributed by atoms with E-state index in [9.17, 15) is 13.6 Å². The molecule has 4 N–H and O–H groups in total. The van der Waals surface area contributed by atoms with Crippen molar-refractivity contribution >= 4 is 5.91 Å². The van der Waals surface area contributed by atoms with Gasteiger partial charge in [0.25, 0.3) is 5.92 Å².